The number of nitrogens with one attached hydrogen (secondary N) is 1. The third kappa shape index (κ3) is 2.41. The number of amides is 2. The van der Waals surface area contributed by atoms with Crippen LogP contribution in [0.4, 0.5) is 0 Å². The smallest absolute Gasteiger partial charge is 0.240 e. The van der Waals surface area contributed by atoms with Crippen molar-refractivity contribution in [2.75, 3.05) is 25.4 Å². The van der Waals surface area contributed by atoms with Crippen molar-refractivity contribution < 1.29 is 18.0 Å². The van der Waals surface area contributed by atoms with Gasteiger partial charge in [-0.15, -0.1) is 0 Å². The molecule has 0 aromatic heterocycles. The molecule has 2 aliphatic rings. The molecule has 6 nitrogen and oxygen atoms in total. The molecule has 0 bridgehead atoms. The number of imide groups is 1. The standard InChI is InChI=1S/C9H14N2O4S/c12-8-5-11(6-9(13)10-8)4-7-2-1-3-16(7,14)15/h7H,1-6H2,(H,10,12,13). The number of carbonyl (C=O) groups excluding carboxylic acids is 2. The number of carbonyl (C=O) groups is 2. The molecule has 16 heavy (non-hydrogen) atoms. The molecule has 2 amide bonds. The molecule has 90 valence electrons. The largest absolute Gasteiger partial charge is 0.294 e. The summed E-state index contributed by atoms with van der Waals surface area (Å²) in [4.78, 5) is 23.8. The van der Waals surface area contributed by atoms with E-state index >= 15 is 0 Å². The van der Waals surface area contributed by atoms with E-state index in [0.29, 0.717) is 19.4 Å². The van der Waals surface area contributed by atoms with Crippen LogP contribution in [0.1, 0.15) is 12.8 Å². The fourth-order valence-corrected chi connectivity index (χ4v) is 4.04. The average molecular weight is 246 g/mol. The van der Waals surface area contributed by atoms with Gasteiger partial charge in [-0.3, -0.25) is 19.8 Å². The van der Waals surface area contributed by atoms with E-state index in [1.165, 1.54) is 0 Å². The quantitative estimate of drug-likeness (QED) is 0.601. The highest BCUT2D eigenvalue weighted by Gasteiger charge is 2.34. The van der Waals surface area contributed by atoms with E-state index in [2.05, 4.69) is 5.32 Å². The van der Waals surface area contributed by atoms with Gasteiger partial charge in [-0.1, -0.05) is 0 Å². The molecule has 2 aliphatic heterocycles. The third-order valence-corrected chi connectivity index (χ3v) is 5.20. The summed E-state index contributed by atoms with van der Waals surface area (Å²) >= 11 is 0. The molecule has 2 rings (SSSR count). The normalized spacial score (nSPS) is 30.4. The number of rotatable bonds is 2. The number of sulfone groups is 1. The summed E-state index contributed by atoms with van der Waals surface area (Å²) in [5, 5.41) is 1.77. The zero-order valence-electron chi connectivity index (χ0n) is 8.81. The van der Waals surface area contributed by atoms with Gasteiger partial charge in [-0.05, 0) is 12.8 Å². The van der Waals surface area contributed by atoms with Crippen molar-refractivity contribution in [2.45, 2.75) is 18.1 Å². The van der Waals surface area contributed by atoms with Gasteiger partial charge in [0.05, 0.1) is 24.1 Å². The molecular formula is C9H14N2O4S. The minimum Gasteiger partial charge on any atom is -0.294 e. The van der Waals surface area contributed by atoms with Crippen LogP contribution in [0.15, 0.2) is 0 Å². The Morgan fingerprint density at radius 2 is 1.88 bits per heavy atom. The molecule has 1 unspecified atom stereocenters. The lowest BCUT2D eigenvalue weighted by Gasteiger charge is -2.27. The Labute approximate surface area is 93.9 Å². The maximum absolute atomic E-state index is 11.6. The van der Waals surface area contributed by atoms with Gasteiger partial charge in [0.1, 0.15) is 0 Å². The van der Waals surface area contributed by atoms with Crippen molar-refractivity contribution in [3.8, 4) is 0 Å². The fourth-order valence-electron chi connectivity index (χ4n) is 2.18. The predicted octanol–water partition coefficient (Wildman–Crippen LogP) is -1.48. The molecule has 0 aliphatic carbocycles. The zero-order chi connectivity index (χ0) is 11.8. The molecule has 0 spiro atoms. The van der Waals surface area contributed by atoms with Crippen LogP contribution in [0, 0.1) is 0 Å². The van der Waals surface area contributed by atoms with Gasteiger partial charge in [-0.25, -0.2) is 8.42 Å². The maximum atomic E-state index is 11.6. The summed E-state index contributed by atoms with van der Waals surface area (Å²) in [6.07, 6.45) is 1.32. The van der Waals surface area contributed by atoms with Crippen molar-refractivity contribution in [2.24, 2.45) is 0 Å². The monoisotopic (exact) mass is 246 g/mol. The number of piperazine rings is 1. The molecule has 2 heterocycles. The first kappa shape index (κ1) is 11.5. The van der Waals surface area contributed by atoms with E-state index in [9.17, 15) is 18.0 Å². The Kier molecular flexibility index (Phi) is 2.98. The van der Waals surface area contributed by atoms with Crippen LogP contribution in [0.5, 0.6) is 0 Å². The summed E-state index contributed by atoms with van der Waals surface area (Å²) in [5.74, 6) is -0.482. The van der Waals surface area contributed by atoms with Gasteiger partial charge in [0.15, 0.2) is 9.84 Å². The molecule has 0 saturated carbocycles. The minimum absolute atomic E-state index is 0.109. The van der Waals surface area contributed by atoms with Crippen molar-refractivity contribution in [1.82, 2.24) is 10.2 Å². The molecular weight excluding hydrogens is 232 g/mol. The summed E-state index contributed by atoms with van der Waals surface area (Å²) < 4.78 is 23.2. The fraction of sp³-hybridized carbons (Fsp3) is 0.778. The summed E-state index contributed by atoms with van der Waals surface area (Å²) in [5.41, 5.74) is 0. The van der Waals surface area contributed by atoms with E-state index in [1.807, 2.05) is 0 Å². The second-order valence-electron chi connectivity index (χ2n) is 4.27. The molecule has 2 fully saturated rings. The van der Waals surface area contributed by atoms with Gasteiger partial charge in [0, 0.05) is 6.54 Å². The van der Waals surface area contributed by atoms with Crippen LogP contribution in [0.25, 0.3) is 0 Å². The molecule has 0 aromatic carbocycles. The second kappa shape index (κ2) is 4.14. The molecule has 0 radical (unpaired) electrons. The predicted molar refractivity (Wildman–Crippen MR) is 56.4 cm³/mol. The maximum Gasteiger partial charge on any atom is 0.240 e. The zero-order valence-corrected chi connectivity index (χ0v) is 9.62. The Morgan fingerprint density at radius 1 is 1.25 bits per heavy atom. The van der Waals surface area contributed by atoms with E-state index in [1.54, 1.807) is 4.90 Å². The first-order valence-electron chi connectivity index (χ1n) is 5.24. The Balaban J connectivity index is 1.99. The van der Waals surface area contributed by atoms with Crippen LogP contribution < -0.4 is 5.32 Å². The molecule has 1 N–H and O–H groups in total. The summed E-state index contributed by atoms with van der Waals surface area (Å²) in [6.45, 7) is 0.511. The van der Waals surface area contributed by atoms with Gasteiger partial charge in [-0.2, -0.15) is 0 Å². The highest BCUT2D eigenvalue weighted by molar-refractivity contribution is 7.92. The topological polar surface area (TPSA) is 83.6 Å². The van der Waals surface area contributed by atoms with Crippen molar-refractivity contribution in [3.63, 3.8) is 0 Å². The van der Waals surface area contributed by atoms with Crippen LogP contribution in [0.2, 0.25) is 0 Å². The highest BCUT2D eigenvalue weighted by atomic mass is 32.2. The van der Waals surface area contributed by atoms with Crippen LogP contribution >= 0.6 is 0 Å². The Morgan fingerprint density at radius 3 is 2.38 bits per heavy atom. The number of hydrogen-bond donors (Lipinski definition) is 1. The second-order valence-corrected chi connectivity index (χ2v) is 6.67. The van der Waals surface area contributed by atoms with E-state index in [-0.39, 0.29) is 30.7 Å². The lowest BCUT2D eigenvalue weighted by atomic mass is 10.2. The third-order valence-electron chi connectivity index (χ3n) is 2.94. The SMILES string of the molecule is O=C1CN(CC2CCCS2(=O)=O)CC(=O)N1. The summed E-state index contributed by atoms with van der Waals surface area (Å²) in [6, 6.07) is 0. The molecule has 0 aromatic rings. The van der Waals surface area contributed by atoms with Crippen LogP contribution in [0.3, 0.4) is 0 Å². The Bertz CT molecular complexity index is 401. The lowest BCUT2D eigenvalue weighted by Crippen LogP contribution is -2.53. The van der Waals surface area contributed by atoms with Crippen LogP contribution in [-0.4, -0.2) is 55.8 Å². The number of hydrogen-bond acceptors (Lipinski definition) is 5. The molecule has 1 atom stereocenters. The van der Waals surface area contributed by atoms with Gasteiger partial charge in [0.25, 0.3) is 0 Å². The number of nitrogens with zero attached hydrogens (tertiary/aromatic N) is 1. The first-order valence-corrected chi connectivity index (χ1v) is 6.95. The van der Waals surface area contributed by atoms with E-state index < -0.39 is 15.1 Å². The van der Waals surface area contributed by atoms with Crippen LogP contribution in [-0.2, 0) is 19.4 Å². The highest BCUT2D eigenvalue weighted by Crippen LogP contribution is 2.21. The van der Waals surface area contributed by atoms with Gasteiger partial charge < -0.3 is 0 Å². The first-order chi connectivity index (χ1) is 7.47. The molecule has 7 heteroatoms. The van der Waals surface area contributed by atoms with Crippen molar-refractivity contribution in [1.29, 1.82) is 0 Å². The molecule has 2 saturated heterocycles. The van der Waals surface area contributed by atoms with Crippen molar-refractivity contribution in [3.05, 3.63) is 0 Å². The van der Waals surface area contributed by atoms with Gasteiger partial charge in [0.2, 0.25) is 11.8 Å². The van der Waals surface area contributed by atoms with Crippen molar-refractivity contribution >= 4 is 21.7 Å². The van der Waals surface area contributed by atoms with E-state index in [4.69, 9.17) is 0 Å². The Hall–Kier alpha value is -0.950. The van der Waals surface area contributed by atoms with Gasteiger partial charge >= 0.3 is 0 Å². The summed E-state index contributed by atoms with van der Waals surface area (Å²) in [7, 11) is -3.01. The minimum atomic E-state index is -3.01. The average Bonchev–Trinajstić information content (AvgIpc) is 2.44. The lowest BCUT2D eigenvalue weighted by molar-refractivity contribution is -0.136. The van der Waals surface area contributed by atoms with E-state index in [0.717, 1.165) is 0 Å².